The normalized spacial score (nSPS) is 16.8. The molecule has 0 atom stereocenters. The number of aromatic hydroxyl groups is 1. The summed E-state index contributed by atoms with van der Waals surface area (Å²) in [7, 11) is 0. The average Bonchev–Trinajstić information content (AvgIpc) is 3.31. The number of hydrazone groups is 1. The molecule has 2 aliphatic rings. The van der Waals surface area contributed by atoms with Crippen LogP contribution in [0.1, 0.15) is 24.0 Å². The third kappa shape index (κ3) is 5.46. The van der Waals surface area contributed by atoms with Crippen molar-refractivity contribution >= 4 is 51.8 Å². The van der Waals surface area contributed by atoms with Crippen molar-refractivity contribution in [3.63, 3.8) is 0 Å². The molecule has 0 spiro atoms. The summed E-state index contributed by atoms with van der Waals surface area (Å²) in [5, 5.41) is 23.1. The van der Waals surface area contributed by atoms with Crippen molar-refractivity contribution in [3.05, 3.63) is 82.3 Å². The monoisotopic (exact) mass is 478 g/mol. The molecule has 1 saturated heterocycles. The maximum atomic E-state index is 12.9. The number of phenolic OH excluding ortho intramolecular Hbond substituents is 1. The molecule has 2 aliphatic heterocycles. The number of nitrogens with zero attached hydrogens (tertiary/aromatic N) is 3. The molecule has 4 rings (SSSR count). The fourth-order valence-electron chi connectivity index (χ4n) is 3.36. The second-order valence-corrected chi connectivity index (χ2v) is 9.07. The minimum atomic E-state index is -0.904. The number of hydrogen-bond acceptors (Lipinski definition) is 6. The van der Waals surface area contributed by atoms with Gasteiger partial charge in [0.05, 0.1) is 4.91 Å². The van der Waals surface area contributed by atoms with E-state index in [1.54, 1.807) is 22.9 Å². The highest BCUT2D eigenvalue weighted by Gasteiger charge is 2.33. The number of amides is 1. The minimum Gasteiger partial charge on any atom is -0.508 e. The first-order valence-corrected chi connectivity index (χ1v) is 11.4. The Labute approximate surface area is 200 Å². The number of carbonyl (C=O) groups is 2. The summed E-state index contributed by atoms with van der Waals surface area (Å²) >= 11 is 6.54. The number of allylic oxidation sites excluding steroid dienone is 2. The van der Waals surface area contributed by atoms with E-state index in [1.807, 2.05) is 42.5 Å². The zero-order chi connectivity index (χ0) is 23.4. The first-order valence-electron chi connectivity index (χ1n) is 10.2. The lowest BCUT2D eigenvalue weighted by Gasteiger charge is -2.13. The first-order chi connectivity index (χ1) is 15.9. The van der Waals surface area contributed by atoms with Gasteiger partial charge in [0.25, 0.3) is 5.91 Å². The molecule has 0 aliphatic carbocycles. The fourth-order valence-corrected chi connectivity index (χ4v) is 4.65. The van der Waals surface area contributed by atoms with Crippen LogP contribution in [0.2, 0.25) is 0 Å². The molecule has 166 valence electrons. The van der Waals surface area contributed by atoms with Crippen molar-refractivity contribution in [1.82, 2.24) is 4.90 Å². The average molecular weight is 479 g/mol. The molecule has 1 fully saturated rings. The third-order valence-corrected chi connectivity index (χ3v) is 6.34. The smallest absolute Gasteiger partial charge is 0.303 e. The van der Waals surface area contributed by atoms with Crippen molar-refractivity contribution in [1.29, 1.82) is 0 Å². The van der Waals surface area contributed by atoms with Crippen molar-refractivity contribution in [2.24, 2.45) is 5.10 Å². The maximum Gasteiger partial charge on any atom is 0.303 e. The Kier molecular flexibility index (Phi) is 6.84. The summed E-state index contributed by atoms with van der Waals surface area (Å²) < 4.78 is 2.09. The van der Waals surface area contributed by atoms with Crippen LogP contribution < -0.4 is 0 Å². The molecule has 2 N–H and O–H groups in total. The number of phenols is 1. The van der Waals surface area contributed by atoms with Crippen LogP contribution in [0.25, 0.3) is 0 Å². The van der Waals surface area contributed by atoms with Crippen LogP contribution in [0, 0.1) is 0 Å². The number of thioether (sulfide) groups is 1. The van der Waals surface area contributed by atoms with E-state index in [1.165, 1.54) is 16.7 Å². The summed E-state index contributed by atoms with van der Waals surface area (Å²) in [4.78, 5) is 25.6. The molecule has 2 aromatic rings. The van der Waals surface area contributed by atoms with Crippen LogP contribution in [-0.4, -0.2) is 54.1 Å². The standard InChI is InChI=1S/C24H19N3O4S2/c28-19-10-8-16(9-11-19)14-26-15-18(22(25-26)17-5-2-1-3-6-17)13-20-23(31)27(24(32)33-20)12-4-7-21(29)30/h1-3,5-6,8-11,13H,4,7,12,14H2,(H-,28,29,30)/p+1/b20-13+. The summed E-state index contributed by atoms with van der Waals surface area (Å²) in [6.45, 7) is 0.716. The van der Waals surface area contributed by atoms with Crippen LogP contribution >= 0.6 is 24.0 Å². The molecule has 2 aromatic carbocycles. The Balaban J connectivity index is 1.62. The van der Waals surface area contributed by atoms with Crippen LogP contribution in [0.4, 0.5) is 0 Å². The number of thiocarbonyl (C=S) groups is 1. The van der Waals surface area contributed by atoms with Crippen molar-refractivity contribution in [3.8, 4) is 5.75 Å². The molecule has 0 radical (unpaired) electrons. The second-order valence-electron chi connectivity index (χ2n) is 7.39. The lowest BCUT2D eigenvalue weighted by molar-refractivity contribution is -0.540. The number of rotatable bonds is 8. The van der Waals surface area contributed by atoms with Gasteiger partial charge in [-0.3, -0.25) is 14.5 Å². The first kappa shape index (κ1) is 22.7. The third-order valence-electron chi connectivity index (χ3n) is 4.96. The van der Waals surface area contributed by atoms with Gasteiger partial charge in [-0.1, -0.05) is 54.3 Å². The Bertz CT molecular complexity index is 1240. The van der Waals surface area contributed by atoms with Crippen molar-refractivity contribution in [2.75, 3.05) is 6.54 Å². The number of carboxylic acid groups (broad SMARTS) is 1. The van der Waals surface area contributed by atoms with Crippen LogP contribution in [-0.2, 0) is 16.1 Å². The fraction of sp³-hybridized carbons (Fsp3) is 0.167. The highest BCUT2D eigenvalue weighted by molar-refractivity contribution is 8.26. The Morgan fingerprint density at radius 1 is 1.18 bits per heavy atom. The number of hydrogen-bond donors (Lipinski definition) is 2. The van der Waals surface area contributed by atoms with E-state index in [0.717, 1.165) is 11.1 Å². The van der Waals surface area contributed by atoms with Crippen molar-refractivity contribution < 1.29 is 24.5 Å². The van der Waals surface area contributed by atoms with Gasteiger partial charge in [-0.05, 0) is 41.4 Å². The Hall–Kier alpha value is -3.52. The SMILES string of the molecule is O=C(O)CCCN1C(=O)/C(=C\C2=C=[N+](Cc3ccc(O)cc3)N=C2c2ccccc2)SC1=S. The van der Waals surface area contributed by atoms with Gasteiger partial charge in [0.1, 0.15) is 15.6 Å². The summed E-state index contributed by atoms with van der Waals surface area (Å²) in [5.74, 6) is 2.29. The van der Waals surface area contributed by atoms with E-state index < -0.39 is 5.97 Å². The van der Waals surface area contributed by atoms with E-state index in [2.05, 4.69) is 5.87 Å². The second kappa shape index (κ2) is 9.95. The zero-order valence-corrected chi connectivity index (χ0v) is 19.1. The summed E-state index contributed by atoms with van der Waals surface area (Å²) in [6, 6.07) is 16.5. The van der Waals surface area contributed by atoms with Crippen LogP contribution in [0.5, 0.6) is 5.75 Å². The van der Waals surface area contributed by atoms with E-state index in [4.69, 9.17) is 22.4 Å². The molecule has 1 amide bonds. The highest BCUT2D eigenvalue weighted by Crippen LogP contribution is 2.32. The largest absolute Gasteiger partial charge is 0.508 e. The van der Waals surface area contributed by atoms with E-state index in [0.29, 0.717) is 33.5 Å². The van der Waals surface area contributed by atoms with Crippen LogP contribution in [0.15, 0.2) is 76.3 Å². The molecule has 9 heteroatoms. The molecule has 2 heterocycles. The van der Waals surface area contributed by atoms with Gasteiger partial charge >= 0.3 is 5.97 Å². The zero-order valence-electron chi connectivity index (χ0n) is 17.5. The predicted octanol–water partition coefficient (Wildman–Crippen LogP) is 3.53. The molecule has 7 nitrogen and oxygen atoms in total. The van der Waals surface area contributed by atoms with Gasteiger partial charge < -0.3 is 10.2 Å². The maximum absolute atomic E-state index is 12.9. The van der Waals surface area contributed by atoms with Gasteiger partial charge in [-0.25, -0.2) is 0 Å². The molecular formula is C24H20N3O4S2+. The minimum absolute atomic E-state index is 0.0218. The van der Waals surface area contributed by atoms with Crippen LogP contribution in [0.3, 0.4) is 0 Å². The molecule has 0 bridgehead atoms. The number of carboxylic acids is 1. The van der Waals surface area contributed by atoms with Gasteiger partial charge in [0.15, 0.2) is 5.71 Å². The van der Waals surface area contributed by atoms with E-state index in [9.17, 15) is 14.7 Å². The molecule has 0 saturated carbocycles. The van der Waals surface area contributed by atoms with Crippen molar-refractivity contribution in [2.45, 2.75) is 19.4 Å². The predicted molar refractivity (Wildman–Crippen MR) is 130 cm³/mol. The lowest BCUT2D eigenvalue weighted by atomic mass is 10.0. The van der Waals surface area contributed by atoms with E-state index >= 15 is 0 Å². The quantitative estimate of drug-likeness (QED) is 0.343. The van der Waals surface area contributed by atoms with Gasteiger partial charge in [-0.2, -0.15) is 0 Å². The number of benzene rings is 2. The molecule has 0 aromatic heterocycles. The van der Waals surface area contributed by atoms with E-state index in [-0.39, 0.29) is 24.6 Å². The molecule has 0 unspecified atom stereocenters. The molecule has 33 heavy (non-hydrogen) atoms. The summed E-state index contributed by atoms with van der Waals surface area (Å²) in [5.41, 5.74) is 3.18. The number of aliphatic carboxylic acids is 1. The summed E-state index contributed by atoms with van der Waals surface area (Å²) in [6.07, 6.45) is 2.05. The Morgan fingerprint density at radius 3 is 2.61 bits per heavy atom. The topological polar surface area (TPSA) is 93.2 Å². The highest BCUT2D eigenvalue weighted by atomic mass is 32.2. The molecular weight excluding hydrogens is 458 g/mol. The number of carbonyl (C=O) groups excluding carboxylic acids is 1. The van der Waals surface area contributed by atoms with Gasteiger partial charge in [0.2, 0.25) is 12.4 Å². The van der Waals surface area contributed by atoms with Gasteiger partial charge in [0, 0.05) is 29.2 Å². The van der Waals surface area contributed by atoms with Gasteiger partial charge in [-0.15, -0.1) is 0 Å². The Morgan fingerprint density at radius 2 is 1.91 bits per heavy atom. The lowest BCUT2D eigenvalue weighted by Crippen LogP contribution is -2.29.